The van der Waals surface area contributed by atoms with Crippen molar-refractivity contribution in [2.24, 2.45) is 0 Å². The number of fused-ring (bicyclic) bond motifs is 1. The molecule has 2 aromatic carbocycles. The molecule has 0 radical (unpaired) electrons. The normalized spacial score (nSPS) is 17.1. The van der Waals surface area contributed by atoms with Gasteiger partial charge in [0.05, 0.1) is 23.0 Å². The maximum absolute atomic E-state index is 12.8. The molecule has 2 heterocycles. The quantitative estimate of drug-likeness (QED) is 0.675. The van der Waals surface area contributed by atoms with Gasteiger partial charge in [0.15, 0.2) is 0 Å². The number of rotatable bonds is 5. The molecule has 1 saturated heterocycles. The largest absolute Gasteiger partial charge is 0.389 e. The molecule has 2 N–H and O–H groups in total. The second-order valence-corrected chi connectivity index (χ2v) is 7.73. The van der Waals surface area contributed by atoms with Crippen molar-refractivity contribution in [1.82, 2.24) is 10.3 Å². The van der Waals surface area contributed by atoms with Crippen molar-refractivity contribution in [3.63, 3.8) is 0 Å². The molecular formula is C23H26N4O3. The Hall–Kier alpha value is -3.19. The lowest BCUT2D eigenvalue weighted by molar-refractivity contribution is -0.119. The van der Waals surface area contributed by atoms with Crippen LogP contribution in [-0.2, 0) is 4.79 Å². The number of likely N-dealkylation sites (N-methyl/N-ethyl adjacent to an activating group) is 1. The van der Waals surface area contributed by atoms with E-state index in [1.165, 1.54) is 0 Å². The van der Waals surface area contributed by atoms with Gasteiger partial charge in [0.25, 0.3) is 6.01 Å². The highest BCUT2D eigenvalue weighted by molar-refractivity contribution is 6.00. The van der Waals surface area contributed by atoms with Crippen LogP contribution in [0.2, 0.25) is 0 Å². The Morgan fingerprint density at radius 3 is 2.73 bits per heavy atom. The standard InChI is InChI=1S/C23H26N4O3/c1-14-19(27(3)21(28)18-10-7-13-24-18)12-11-17-20(14)22(29)30-23(26-17)25-15(2)16-8-5-4-6-9-16/h4-6,8-9,11-12,15,18,24H,7,10,13H2,1-3H3,(H,25,26)/t15-,18-/m0/s1. The van der Waals surface area contributed by atoms with E-state index in [1.54, 1.807) is 18.0 Å². The van der Waals surface area contributed by atoms with Gasteiger partial charge < -0.3 is 20.0 Å². The van der Waals surface area contributed by atoms with Crippen LogP contribution in [0.1, 0.15) is 36.9 Å². The third-order valence-corrected chi connectivity index (χ3v) is 5.72. The van der Waals surface area contributed by atoms with Crippen LogP contribution in [0, 0.1) is 6.92 Å². The lowest BCUT2D eigenvalue weighted by Gasteiger charge is -2.23. The van der Waals surface area contributed by atoms with E-state index in [2.05, 4.69) is 15.6 Å². The van der Waals surface area contributed by atoms with E-state index in [1.807, 2.05) is 50.2 Å². The molecule has 7 heteroatoms. The fourth-order valence-electron chi connectivity index (χ4n) is 3.99. The highest BCUT2D eigenvalue weighted by atomic mass is 16.4. The predicted molar refractivity (Wildman–Crippen MR) is 118 cm³/mol. The summed E-state index contributed by atoms with van der Waals surface area (Å²) >= 11 is 0. The van der Waals surface area contributed by atoms with Crippen LogP contribution in [0.4, 0.5) is 11.7 Å². The summed E-state index contributed by atoms with van der Waals surface area (Å²) in [5.41, 5.74) is 2.50. The zero-order valence-corrected chi connectivity index (χ0v) is 17.4. The third-order valence-electron chi connectivity index (χ3n) is 5.72. The lowest BCUT2D eigenvalue weighted by atomic mass is 10.1. The van der Waals surface area contributed by atoms with E-state index in [4.69, 9.17) is 4.42 Å². The fourth-order valence-corrected chi connectivity index (χ4v) is 3.99. The molecule has 0 spiro atoms. The first kappa shape index (κ1) is 20.1. The summed E-state index contributed by atoms with van der Waals surface area (Å²) < 4.78 is 5.46. The zero-order valence-electron chi connectivity index (χ0n) is 17.4. The number of nitrogens with zero attached hydrogens (tertiary/aromatic N) is 2. The van der Waals surface area contributed by atoms with Crippen molar-refractivity contribution >= 4 is 28.5 Å². The number of anilines is 2. The minimum atomic E-state index is -0.470. The molecule has 3 aromatic rings. The minimum absolute atomic E-state index is 0.00210. The summed E-state index contributed by atoms with van der Waals surface area (Å²) in [4.78, 5) is 31.6. The minimum Gasteiger partial charge on any atom is -0.389 e. The number of benzene rings is 2. The Morgan fingerprint density at radius 1 is 1.27 bits per heavy atom. The second kappa shape index (κ2) is 8.28. The van der Waals surface area contributed by atoms with Gasteiger partial charge in [-0.2, -0.15) is 4.98 Å². The highest BCUT2D eigenvalue weighted by Crippen LogP contribution is 2.27. The molecule has 1 aromatic heterocycles. The molecule has 4 rings (SSSR count). The third kappa shape index (κ3) is 3.80. The molecule has 2 atom stereocenters. The summed E-state index contributed by atoms with van der Waals surface area (Å²) in [5, 5.41) is 6.77. The molecule has 1 amide bonds. The molecule has 30 heavy (non-hydrogen) atoms. The number of carbonyl (C=O) groups excluding carboxylic acids is 1. The van der Waals surface area contributed by atoms with Gasteiger partial charge in [0.2, 0.25) is 5.91 Å². The average Bonchev–Trinajstić information content (AvgIpc) is 3.28. The molecule has 1 aliphatic heterocycles. The predicted octanol–water partition coefficient (Wildman–Crippen LogP) is 3.38. The van der Waals surface area contributed by atoms with Crippen LogP contribution in [0.15, 0.2) is 51.7 Å². The molecule has 0 bridgehead atoms. The van der Waals surface area contributed by atoms with Gasteiger partial charge in [-0.3, -0.25) is 4.79 Å². The van der Waals surface area contributed by atoms with Crippen LogP contribution >= 0.6 is 0 Å². The molecular weight excluding hydrogens is 380 g/mol. The van der Waals surface area contributed by atoms with E-state index >= 15 is 0 Å². The summed E-state index contributed by atoms with van der Waals surface area (Å²) in [6, 6.07) is 13.4. The van der Waals surface area contributed by atoms with Gasteiger partial charge >= 0.3 is 5.63 Å². The van der Waals surface area contributed by atoms with Gasteiger partial charge in [-0.05, 0) is 56.5 Å². The van der Waals surface area contributed by atoms with Crippen molar-refractivity contribution in [1.29, 1.82) is 0 Å². The van der Waals surface area contributed by atoms with E-state index in [9.17, 15) is 9.59 Å². The van der Waals surface area contributed by atoms with Gasteiger partial charge in [-0.1, -0.05) is 30.3 Å². The zero-order chi connectivity index (χ0) is 21.3. The average molecular weight is 406 g/mol. The van der Waals surface area contributed by atoms with E-state index in [0.29, 0.717) is 22.2 Å². The maximum Gasteiger partial charge on any atom is 0.348 e. The van der Waals surface area contributed by atoms with Crippen molar-refractivity contribution in [3.8, 4) is 0 Å². The first-order valence-electron chi connectivity index (χ1n) is 10.2. The number of aryl methyl sites for hydroxylation is 1. The number of carbonyl (C=O) groups is 1. The molecule has 7 nitrogen and oxygen atoms in total. The van der Waals surface area contributed by atoms with Gasteiger partial charge in [-0.25, -0.2) is 4.79 Å². The number of amides is 1. The monoisotopic (exact) mass is 406 g/mol. The van der Waals surface area contributed by atoms with E-state index in [0.717, 1.165) is 24.9 Å². The Bertz CT molecular complexity index is 1120. The molecule has 1 fully saturated rings. The number of nitrogens with one attached hydrogen (secondary N) is 2. The summed E-state index contributed by atoms with van der Waals surface area (Å²) in [5.74, 6) is 0.00210. The number of hydrogen-bond acceptors (Lipinski definition) is 6. The first-order chi connectivity index (χ1) is 14.5. The first-order valence-corrected chi connectivity index (χ1v) is 10.2. The summed E-state index contributed by atoms with van der Waals surface area (Å²) in [6.07, 6.45) is 1.82. The van der Waals surface area contributed by atoms with Crippen molar-refractivity contribution < 1.29 is 9.21 Å². The SMILES string of the molecule is Cc1c(N(C)C(=O)[C@@H]2CCCN2)ccc2nc(N[C@@H](C)c3ccccc3)oc(=O)c12. The molecule has 1 aliphatic rings. The highest BCUT2D eigenvalue weighted by Gasteiger charge is 2.27. The van der Waals surface area contributed by atoms with Crippen LogP contribution in [0.25, 0.3) is 10.9 Å². The maximum atomic E-state index is 12.8. The number of aromatic nitrogens is 1. The topological polar surface area (TPSA) is 87.5 Å². The Kier molecular flexibility index (Phi) is 5.55. The second-order valence-electron chi connectivity index (χ2n) is 7.73. The summed E-state index contributed by atoms with van der Waals surface area (Å²) in [6.45, 7) is 4.65. The smallest absolute Gasteiger partial charge is 0.348 e. The Labute approximate surface area is 175 Å². The van der Waals surface area contributed by atoms with Crippen LogP contribution in [0.5, 0.6) is 0 Å². The van der Waals surface area contributed by atoms with Gasteiger partial charge in [-0.15, -0.1) is 0 Å². The van der Waals surface area contributed by atoms with E-state index in [-0.39, 0.29) is 24.0 Å². The fraction of sp³-hybridized carbons (Fsp3) is 0.348. The van der Waals surface area contributed by atoms with E-state index < -0.39 is 5.63 Å². The van der Waals surface area contributed by atoms with Gasteiger partial charge in [0.1, 0.15) is 0 Å². The lowest BCUT2D eigenvalue weighted by Crippen LogP contribution is -2.42. The molecule has 0 unspecified atom stereocenters. The Balaban J connectivity index is 1.64. The van der Waals surface area contributed by atoms with Crippen LogP contribution in [0.3, 0.4) is 0 Å². The molecule has 156 valence electrons. The van der Waals surface area contributed by atoms with Crippen molar-refractivity contribution in [3.05, 3.63) is 64.0 Å². The summed E-state index contributed by atoms with van der Waals surface area (Å²) in [7, 11) is 1.74. The van der Waals surface area contributed by atoms with Crippen molar-refractivity contribution in [2.75, 3.05) is 23.8 Å². The molecule has 0 aliphatic carbocycles. The van der Waals surface area contributed by atoms with Gasteiger partial charge in [0, 0.05) is 12.7 Å². The Morgan fingerprint density at radius 2 is 2.03 bits per heavy atom. The van der Waals surface area contributed by atoms with Crippen molar-refractivity contribution in [2.45, 2.75) is 38.8 Å². The van der Waals surface area contributed by atoms with Crippen LogP contribution < -0.4 is 21.2 Å². The molecule has 0 saturated carbocycles. The van der Waals surface area contributed by atoms with Crippen LogP contribution in [-0.4, -0.2) is 30.5 Å². The number of hydrogen-bond donors (Lipinski definition) is 2.